The summed E-state index contributed by atoms with van der Waals surface area (Å²) in [5, 5.41) is 21.9. The first kappa shape index (κ1) is 30.4. The van der Waals surface area contributed by atoms with Gasteiger partial charge >= 0.3 is 12.4 Å². The number of sulfone groups is 1. The largest absolute Gasteiger partial charge is 0.430 e. The molecular formula is C24H24F6N2O6S. The van der Waals surface area contributed by atoms with Crippen LogP contribution in [0.5, 0.6) is 0 Å². The van der Waals surface area contributed by atoms with Gasteiger partial charge in [0.2, 0.25) is 5.91 Å². The molecule has 3 N–H and O–H groups in total. The molecule has 0 aromatic heterocycles. The van der Waals surface area contributed by atoms with Crippen LogP contribution in [0.25, 0.3) is 0 Å². The van der Waals surface area contributed by atoms with Crippen LogP contribution >= 0.6 is 0 Å². The average Bonchev–Trinajstić information content (AvgIpc) is 3.15. The number of benzene rings is 2. The molecule has 1 aliphatic rings. The van der Waals surface area contributed by atoms with Gasteiger partial charge in [-0.25, -0.2) is 8.42 Å². The molecule has 1 aliphatic heterocycles. The Labute approximate surface area is 219 Å². The summed E-state index contributed by atoms with van der Waals surface area (Å²) in [6.07, 6.45) is -11.6. The monoisotopic (exact) mass is 582 g/mol. The van der Waals surface area contributed by atoms with Gasteiger partial charge in [-0.05, 0) is 49.2 Å². The summed E-state index contributed by atoms with van der Waals surface area (Å²) in [7, 11) is -3.64. The van der Waals surface area contributed by atoms with Crippen LogP contribution in [0.2, 0.25) is 0 Å². The quantitative estimate of drug-likeness (QED) is 0.448. The van der Waals surface area contributed by atoms with Crippen molar-refractivity contribution in [2.75, 3.05) is 11.6 Å². The van der Waals surface area contributed by atoms with E-state index in [0.717, 1.165) is 23.3 Å². The molecule has 1 heterocycles. The van der Waals surface area contributed by atoms with E-state index in [1.54, 1.807) is 0 Å². The van der Waals surface area contributed by atoms with Gasteiger partial charge in [0.05, 0.1) is 16.9 Å². The zero-order valence-corrected chi connectivity index (χ0v) is 21.5. The zero-order valence-electron chi connectivity index (χ0n) is 20.7. The van der Waals surface area contributed by atoms with Gasteiger partial charge in [0.1, 0.15) is 6.04 Å². The third kappa shape index (κ3) is 6.04. The lowest BCUT2D eigenvalue weighted by atomic mass is 9.92. The fourth-order valence-electron chi connectivity index (χ4n) is 4.14. The predicted octanol–water partition coefficient (Wildman–Crippen LogP) is 3.59. The van der Waals surface area contributed by atoms with E-state index in [4.69, 9.17) is 0 Å². The van der Waals surface area contributed by atoms with Crippen molar-refractivity contribution in [1.82, 2.24) is 4.90 Å². The first-order chi connectivity index (χ1) is 17.6. The molecule has 0 bridgehead atoms. The van der Waals surface area contributed by atoms with Crippen LogP contribution in [-0.2, 0) is 31.6 Å². The number of hydrogen-bond donors (Lipinski definition) is 3. The molecule has 39 heavy (non-hydrogen) atoms. The summed E-state index contributed by atoms with van der Waals surface area (Å²) in [6.45, 7) is 2.51. The van der Waals surface area contributed by atoms with Crippen LogP contribution in [0, 0.1) is 0 Å². The maximum absolute atomic E-state index is 13.2. The topological polar surface area (TPSA) is 124 Å². The van der Waals surface area contributed by atoms with Crippen molar-refractivity contribution in [1.29, 1.82) is 0 Å². The summed E-state index contributed by atoms with van der Waals surface area (Å²) in [6, 6.07) is 4.63. The number of alkyl halides is 6. The van der Waals surface area contributed by atoms with Crippen molar-refractivity contribution >= 4 is 27.3 Å². The lowest BCUT2D eigenvalue weighted by Gasteiger charge is -2.32. The number of rotatable bonds is 6. The third-order valence-corrected chi connectivity index (χ3v) is 7.14. The Kier molecular flexibility index (Phi) is 7.62. The number of amides is 2. The number of nitrogens with one attached hydrogen (secondary N) is 1. The minimum atomic E-state index is -6.09. The van der Waals surface area contributed by atoms with Crippen molar-refractivity contribution in [2.45, 2.75) is 61.3 Å². The molecule has 0 aliphatic carbocycles. The van der Waals surface area contributed by atoms with Crippen LogP contribution in [-0.4, -0.2) is 59.6 Å². The van der Waals surface area contributed by atoms with Gasteiger partial charge in [-0.1, -0.05) is 18.2 Å². The Hall–Kier alpha value is -3.17. The van der Waals surface area contributed by atoms with Crippen molar-refractivity contribution in [2.24, 2.45) is 0 Å². The molecule has 2 aromatic rings. The average molecular weight is 583 g/mol. The van der Waals surface area contributed by atoms with Crippen LogP contribution in [0.4, 0.5) is 32.0 Å². The molecule has 8 nitrogen and oxygen atoms in total. The minimum Gasteiger partial charge on any atom is -0.390 e. The van der Waals surface area contributed by atoms with Gasteiger partial charge in [-0.2, -0.15) is 26.3 Å². The van der Waals surface area contributed by atoms with Crippen LogP contribution in [0.3, 0.4) is 0 Å². The summed E-state index contributed by atoms with van der Waals surface area (Å²) in [4.78, 5) is 27.2. The number of nitrogens with zero attached hydrogens (tertiary/aromatic N) is 1. The highest BCUT2D eigenvalue weighted by Gasteiger charge is 2.71. The van der Waals surface area contributed by atoms with Gasteiger partial charge in [0, 0.05) is 24.1 Å². The minimum absolute atomic E-state index is 0.0744. The van der Waals surface area contributed by atoms with E-state index in [0.29, 0.717) is 17.7 Å². The number of fused-ring (bicyclic) bond motifs is 1. The Morgan fingerprint density at radius 2 is 1.51 bits per heavy atom. The third-order valence-electron chi connectivity index (χ3n) is 6.03. The Bertz CT molecular complexity index is 1370. The van der Waals surface area contributed by atoms with Crippen LogP contribution in [0.15, 0.2) is 47.4 Å². The zero-order chi connectivity index (χ0) is 29.8. The number of halogens is 6. The van der Waals surface area contributed by atoms with E-state index >= 15 is 0 Å². The molecule has 15 heteroatoms. The molecule has 3 rings (SSSR count). The molecule has 0 saturated carbocycles. The SMILES string of the molecule is CC(C)(O)CC(=O)N1Cc2cc(S(C)(=O)=O)ccc2C1C(=O)Nc1ccc(C(O)(C(F)(F)F)C(F)(F)F)cc1. The number of hydrogen-bond acceptors (Lipinski definition) is 6. The van der Waals surface area contributed by atoms with Gasteiger partial charge in [0.15, 0.2) is 9.84 Å². The molecule has 0 fully saturated rings. The molecule has 0 saturated heterocycles. The maximum atomic E-state index is 13.2. The predicted molar refractivity (Wildman–Crippen MR) is 125 cm³/mol. The van der Waals surface area contributed by atoms with Crippen LogP contribution in [0.1, 0.15) is 43.0 Å². The molecule has 0 radical (unpaired) electrons. The molecule has 1 unspecified atom stereocenters. The maximum Gasteiger partial charge on any atom is 0.430 e. The second-order valence-corrected chi connectivity index (χ2v) is 11.8. The molecule has 214 valence electrons. The van der Waals surface area contributed by atoms with E-state index in [1.165, 1.54) is 32.0 Å². The van der Waals surface area contributed by atoms with Gasteiger partial charge in [0.25, 0.3) is 11.5 Å². The van der Waals surface area contributed by atoms with E-state index in [2.05, 4.69) is 5.32 Å². The summed E-state index contributed by atoms with van der Waals surface area (Å²) >= 11 is 0. The standard InChI is InChI=1S/C24H24F6N2O6S/c1-21(2,35)11-18(33)32-12-13-10-16(39(3,37)38)8-9-17(13)19(32)20(34)31-15-6-4-14(5-7-15)22(36,23(25,26)27)24(28,29)30/h4-10,19,35-36H,11-12H2,1-3H3,(H,31,34). The van der Waals surface area contributed by atoms with Crippen molar-refractivity contribution < 1.29 is 54.6 Å². The number of anilines is 1. The summed E-state index contributed by atoms with van der Waals surface area (Å²) in [5.41, 5.74) is -7.82. The second-order valence-electron chi connectivity index (χ2n) is 9.82. The summed E-state index contributed by atoms with van der Waals surface area (Å²) < 4.78 is 103. The van der Waals surface area contributed by atoms with E-state index in [1.807, 2.05) is 0 Å². The molecule has 0 spiro atoms. The van der Waals surface area contributed by atoms with Crippen molar-refractivity contribution in [3.8, 4) is 0 Å². The number of carbonyl (C=O) groups is 2. The number of carbonyl (C=O) groups excluding carboxylic acids is 2. The fraction of sp³-hybridized carbons (Fsp3) is 0.417. The Morgan fingerprint density at radius 3 is 1.97 bits per heavy atom. The summed E-state index contributed by atoms with van der Waals surface area (Å²) in [5.74, 6) is -1.57. The second kappa shape index (κ2) is 9.78. The molecule has 2 aromatic carbocycles. The lowest BCUT2D eigenvalue weighted by Crippen LogP contribution is -2.53. The van der Waals surface area contributed by atoms with E-state index in [-0.39, 0.29) is 22.7 Å². The highest BCUT2D eigenvalue weighted by Crippen LogP contribution is 2.50. The molecule has 2 amide bonds. The van der Waals surface area contributed by atoms with Gasteiger partial charge in [-0.15, -0.1) is 0 Å². The Balaban J connectivity index is 1.96. The van der Waals surface area contributed by atoms with Crippen molar-refractivity contribution in [3.63, 3.8) is 0 Å². The van der Waals surface area contributed by atoms with Crippen molar-refractivity contribution in [3.05, 3.63) is 59.2 Å². The van der Waals surface area contributed by atoms with Gasteiger partial charge < -0.3 is 20.4 Å². The highest BCUT2D eigenvalue weighted by molar-refractivity contribution is 7.90. The van der Waals surface area contributed by atoms with E-state index in [9.17, 15) is 54.6 Å². The fourth-order valence-corrected chi connectivity index (χ4v) is 4.81. The Morgan fingerprint density at radius 1 is 0.974 bits per heavy atom. The van der Waals surface area contributed by atoms with Crippen LogP contribution < -0.4 is 5.32 Å². The smallest absolute Gasteiger partial charge is 0.390 e. The van der Waals surface area contributed by atoms with Gasteiger partial charge in [-0.3, -0.25) is 9.59 Å². The van der Waals surface area contributed by atoms with E-state index < -0.39 is 63.2 Å². The first-order valence-corrected chi connectivity index (χ1v) is 13.1. The lowest BCUT2D eigenvalue weighted by molar-refractivity contribution is -0.376. The first-order valence-electron chi connectivity index (χ1n) is 11.2. The molecule has 1 atom stereocenters. The highest BCUT2D eigenvalue weighted by atomic mass is 32.2. The molecular weight excluding hydrogens is 558 g/mol. The normalized spacial score (nSPS) is 16.7. The number of aliphatic hydroxyl groups is 2.